The Bertz CT molecular complexity index is 875. The van der Waals surface area contributed by atoms with Crippen molar-refractivity contribution in [2.75, 3.05) is 19.7 Å². The third-order valence-corrected chi connectivity index (χ3v) is 5.96. The minimum atomic E-state index is -3.61. The zero-order chi connectivity index (χ0) is 19.2. The standard InChI is InChI=1S/C18H23FN2O4S/c1-3-21(4-2)26(23,24)17-10-11-18(22)20(14-17)12-5-13-25-16-8-6-15(19)7-9-16/h6-11,14H,3-5,12-13H2,1-2H3. The maximum Gasteiger partial charge on any atom is 0.250 e. The van der Waals surface area contributed by atoms with Gasteiger partial charge >= 0.3 is 0 Å². The van der Waals surface area contributed by atoms with Crippen molar-refractivity contribution in [1.29, 1.82) is 0 Å². The average Bonchev–Trinajstić information content (AvgIpc) is 2.62. The minimum Gasteiger partial charge on any atom is -0.494 e. The summed E-state index contributed by atoms with van der Waals surface area (Å²) in [6.45, 7) is 4.91. The number of sulfonamides is 1. The number of hydrogen-bond donors (Lipinski definition) is 0. The summed E-state index contributed by atoms with van der Waals surface area (Å²) in [6, 6.07) is 8.26. The molecule has 0 amide bonds. The topological polar surface area (TPSA) is 68.6 Å². The number of halogens is 1. The Hall–Kier alpha value is -2.19. The zero-order valence-corrected chi connectivity index (χ0v) is 15.7. The molecule has 0 unspecified atom stereocenters. The minimum absolute atomic E-state index is 0.0975. The second kappa shape index (κ2) is 8.95. The third-order valence-electron chi connectivity index (χ3n) is 3.93. The van der Waals surface area contributed by atoms with Crippen LogP contribution in [0.1, 0.15) is 20.3 Å². The lowest BCUT2D eigenvalue weighted by Crippen LogP contribution is -2.32. The number of pyridine rings is 1. The first-order valence-electron chi connectivity index (χ1n) is 8.47. The fraction of sp³-hybridized carbons (Fsp3) is 0.389. The normalized spacial score (nSPS) is 11.7. The summed E-state index contributed by atoms with van der Waals surface area (Å²) in [4.78, 5) is 12.1. The highest BCUT2D eigenvalue weighted by Gasteiger charge is 2.22. The lowest BCUT2D eigenvalue weighted by molar-refractivity contribution is 0.300. The van der Waals surface area contributed by atoms with Crippen LogP contribution in [-0.4, -0.2) is 37.0 Å². The maximum atomic E-state index is 12.8. The zero-order valence-electron chi connectivity index (χ0n) is 14.9. The van der Waals surface area contributed by atoms with Crippen molar-refractivity contribution >= 4 is 10.0 Å². The quantitative estimate of drug-likeness (QED) is 0.625. The fourth-order valence-corrected chi connectivity index (χ4v) is 3.98. The molecule has 8 heteroatoms. The van der Waals surface area contributed by atoms with Gasteiger partial charge < -0.3 is 9.30 Å². The predicted molar refractivity (Wildman–Crippen MR) is 97.3 cm³/mol. The second-order valence-electron chi connectivity index (χ2n) is 5.64. The van der Waals surface area contributed by atoms with E-state index in [0.717, 1.165) is 0 Å². The van der Waals surface area contributed by atoms with E-state index in [1.165, 1.54) is 51.5 Å². The third kappa shape index (κ3) is 4.92. The molecule has 0 fully saturated rings. The van der Waals surface area contributed by atoms with Crippen molar-refractivity contribution in [3.05, 3.63) is 58.8 Å². The van der Waals surface area contributed by atoms with Gasteiger partial charge in [0.25, 0.3) is 5.56 Å². The Balaban J connectivity index is 2.03. The van der Waals surface area contributed by atoms with Gasteiger partial charge in [-0.25, -0.2) is 12.8 Å². The number of ether oxygens (including phenoxy) is 1. The Morgan fingerprint density at radius 2 is 1.73 bits per heavy atom. The van der Waals surface area contributed by atoms with E-state index in [-0.39, 0.29) is 16.3 Å². The van der Waals surface area contributed by atoms with Crippen LogP contribution in [0.4, 0.5) is 4.39 Å². The summed E-state index contributed by atoms with van der Waals surface area (Å²) in [6.07, 6.45) is 1.87. The van der Waals surface area contributed by atoms with E-state index in [1.54, 1.807) is 13.8 Å². The number of hydrogen-bond acceptors (Lipinski definition) is 4. The van der Waals surface area contributed by atoms with Crippen LogP contribution < -0.4 is 10.3 Å². The van der Waals surface area contributed by atoms with Crippen molar-refractivity contribution in [2.24, 2.45) is 0 Å². The van der Waals surface area contributed by atoms with E-state index in [0.29, 0.717) is 38.4 Å². The highest BCUT2D eigenvalue weighted by Crippen LogP contribution is 2.14. The fourth-order valence-electron chi connectivity index (χ4n) is 2.51. The predicted octanol–water partition coefficient (Wildman–Crippen LogP) is 2.49. The summed E-state index contributed by atoms with van der Waals surface area (Å²) >= 11 is 0. The number of aryl methyl sites for hydroxylation is 1. The van der Waals surface area contributed by atoms with Gasteiger partial charge in [0.2, 0.25) is 10.0 Å². The van der Waals surface area contributed by atoms with Crippen LogP contribution in [0.2, 0.25) is 0 Å². The smallest absolute Gasteiger partial charge is 0.250 e. The molecule has 0 bridgehead atoms. The first kappa shape index (κ1) is 20.1. The van der Waals surface area contributed by atoms with E-state index >= 15 is 0 Å². The molecule has 2 aromatic rings. The summed E-state index contributed by atoms with van der Waals surface area (Å²) in [7, 11) is -3.61. The Morgan fingerprint density at radius 1 is 1.08 bits per heavy atom. The van der Waals surface area contributed by atoms with E-state index in [2.05, 4.69) is 0 Å². The molecular weight excluding hydrogens is 359 g/mol. The summed E-state index contributed by atoms with van der Waals surface area (Å²) in [5, 5.41) is 0. The molecule has 0 radical (unpaired) electrons. The highest BCUT2D eigenvalue weighted by atomic mass is 32.2. The van der Waals surface area contributed by atoms with Crippen molar-refractivity contribution in [2.45, 2.75) is 31.7 Å². The number of nitrogens with zero attached hydrogens (tertiary/aromatic N) is 2. The lowest BCUT2D eigenvalue weighted by atomic mass is 10.3. The molecule has 142 valence electrons. The molecule has 26 heavy (non-hydrogen) atoms. The largest absolute Gasteiger partial charge is 0.494 e. The molecule has 0 atom stereocenters. The van der Waals surface area contributed by atoms with E-state index in [9.17, 15) is 17.6 Å². The van der Waals surface area contributed by atoms with Crippen LogP contribution in [0.3, 0.4) is 0 Å². The summed E-state index contributed by atoms with van der Waals surface area (Å²) in [5.41, 5.74) is -0.273. The van der Waals surface area contributed by atoms with Crippen LogP contribution in [0.15, 0.2) is 52.3 Å². The average molecular weight is 382 g/mol. The molecule has 0 saturated heterocycles. The Labute approximate surface area is 152 Å². The van der Waals surface area contributed by atoms with Gasteiger partial charge in [0.05, 0.1) is 11.5 Å². The van der Waals surface area contributed by atoms with Crippen LogP contribution in [-0.2, 0) is 16.6 Å². The van der Waals surface area contributed by atoms with Crippen molar-refractivity contribution < 1.29 is 17.5 Å². The molecule has 1 heterocycles. The van der Waals surface area contributed by atoms with Gasteiger partial charge in [0.1, 0.15) is 11.6 Å². The van der Waals surface area contributed by atoms with Gasteiger partial charge in [-0.15, -0.1) is 0 Å². The molecule has 2 rings (SSSR count). The van der Waals surface area contributed by atoms with Crippen molar-refractivity contribution in [1.82, 2.24) is 8.87 Å². The van der Waals surface area contributed by atoms with Crippen LogP contribution in [0.5, 0.6) is 5.75 Å². The van der Waals surface area contributed by atoms with Crippen molar-refractivity contribution in [3.63, 3.8) is 0 Å². The first-order valence-corrected chi connectivity index (χ1v) is 9.91. The molecular formula is C18H23FN2O4S. The second-order valence-corrected chi connectivity index (χ2v) is 7.58. The van der Waals surface area contributed by atoms with Gasteiger partial charge in [-0.3, -0.25) is 4.79 Å². The molecule has 1 aromatic heterocycles. The molecule has 0 spiro atoms. The molecule has 0 aliphatic carbocycles. The summed E-state index contributed by atoms with van der Waals surface area (Å²) < 4.78 is 46.1. The van der Waals surface area contributed by atoms with Crippen molar-refractivity contribution in [3.8, 4) is 5.75 Å². The molecule has 0 aliphatic heterocycles. The van der Waals surface area contributed by atoms with Crippen LogP contribution >= 0.6 is 0 Å². The van der Waals surface area contributed by atoms with E-state index in [4.69, 9.17) is 4.74 Å². The van der Waals surface area contributed by atoms with Gasteiger partial charge in [-0.2, -0.15) is 4.31 Å². The van der Waals surface area contributed by atoms with Gasteiger partial charge in [0, 0.05) is 31.9 Å². The SMILES string of the molecule is CCN(CC)S(=O)(=O)c1ccc(=O)n(CCCOc2ccc(F)cc2)c1. The molecule has 0 aliphatic rings. The van der Waals surface area contributed by atoms with Crippen LogP contribution in [0.25, 0.3) is 0 Å². The summed E-state index contributed by atoms with van der Waals surface area (Å²) in [5.74, 6) is 0.201. The van der Waals surface area contributed by atoms with Gasteiger partial charge in [0.15, 0.2) is 0 Å². The maximum absolute atomic E-state index is 12.8. The monoisotopic (exact) mass is 382 g/mol. The number of aromatic nitrogens is 1. The molecule has 0 N–H and O–H groups in total. The lowest BCUT2D eigenvalue weighted by Gasteiger charge is -2.19. The Morgan fingerprint density at radius 3 is 2.35 bits per heavy atom. The highest BCUT2D eigenvalue weighted by molar-refractivity contribution is 7.89. The molecule has 1 aromatic carbocycles. The first-order chi connectivity index (χ1) is 12.4. The molecule has 6 nitrogen and oxygen atoms in total. The van der Waals surface area contributed by atoms with Gasteiger partial charge in [-0.1, -0.05) is 13.8 Å². The van der Waals surface area contributed by atoms with E-state index < -0.39 is 10.0 Å². The number of rotatable bonds is 9. The van der Waals surface area contributed by atoms with E-state index in [1.807, 2.05) is 0 Å². The molecule has 0 saturated carbocycles. The van der Waals surface area contributed by atoms with Crippen LogP contribution in [0, 0.1) is 5.82 Å². The Kier molecular flexibility index (Phi) is 6.93. The van der Waals surface area contributed by atoms with Gasteiger partial charge in [-0.05, 0) is 36.8 Å². The number of benzene rings is 1.